The topological polar surface area (TPSA) is 68.0 Å². The predicted octanol–water partition coefficient (Wildman–Crippen LogP) is 2.75. The smallest absolute Gasteiger partial charge is 0.270 e. The van der Waals surface area contributed by atoms with E-state index in [1.807, 2.05) is 0 Å². The number of carbonyl (C=O) groups is 1. The third-order valence-electron chi connectivity index (χ3n) is 2.90. The zero-order valence-corrected chi connectivity index (χ0v) is 11.3. The Bertz CT molecular complexity index is 362. The molecule has 18 heavy (non-hydrogen) atoms. The van der Waals surface area contributed by atoms with Crippen LogP contribution < -0.4 is 11.1 Å². The van der Waals surface area contributed by atoms with Crippen molar-refractivity contribution in [2.24, 2.45) is 0 Å². The van der Waals surface area contributed by atoms with Gasteiger partial charge in [-0.1, -0.05) is 33.1 Å². The van der Waals surface area contributed by atoms with Crippen LogP contribution in [0.1, 0.15) is 56.4 Å². The van der Waals surface area contributed by atoms with E-state index in [4.69, 9.17) is 5.73 Å². The summed E-state index contributed by atoms with van der Waals surface area (Å²) in [5, 5.41) is 3.05. The molecule has 0 saturated carbocycles. The molecule has 1 amide bonds. The maximum atomic E-state index is 12.0. The molecule has 3 N–H and O–H groups in total. The van der Waals surface area contributed by atoms with Crippen LogP contribution in [-0.4, -0.2) is 16.9 Å². The van der Waals surface area contributed by atoms with Gasteiger partial charge in [-0.3, -0.25) is 4.79 Å². The van der Waals surface area contributed by atoms with E-state index in [2.05, 4.69) is 24.1 Å². The Kier molecular flexibility index (Phi) is 6.19. The first-order chi connectivity index (χ1) is 8.67. The summed E-state index contributed by atoms with van der Waals surface area (Å²) >= 11 is 0. The Morgan fingerprint density at radius 3 is 2.67 bits per heavy atom. The molecule has 0 aromatic carbocycles. The summed E-state index contributed by atoms with van der Waals surface area (Å²) in [6, 6.07) is 3.61. The Morgan fingerprint density at radius 1 is 1.33 bits per heavy atom. The summed E-state index contributed by atoms with van der Waals surface area (Å²) in [5.41, 5.74) is 6.55. The van der Waals surface area contributed by atoms with E-state index in [0.717, 1.165) is 32.1 Å². The van der Waals surface area contributed by atoms with Crippen molar-refractivity contribution in [2.75, 3.05) is 5.73 Å². The minimum absolute atomic E-state index is 0.107. The molecule has 0 aliphatic heterocycles. The van der Waals surface area contributed by atoms with Gasteiger partial charge in [-0.25, -0.2) is 4.98 Å². The second kappa shape index (κ2) is 7.69. The van der Waals surface area contributed by atoms with E-state index in [9.17, 15) is 4.79 Å². The second-order valence-electron chi connectivity index (χ2n) is 4.58. The summed E-state index contributed by atoms with van der Waals surface area (Å²) in [6.45, 7) is 4.29. The first-order valence-electron chi connectivity index (χ1n) is 6.69. The standard InChI is InChI=1S/C14H23N3O/c1-3-5-7-12(6-4-2)17-14(18)13-9-8-11(15)10-16-13/h8-10,12H,3-7,15H2,1-2H3,(H,17,18). The van der Waals surface area contributed by atoms with Crippen LogP contribution in [0, 0.1) is 0 Å². The highest BCUT2D eigenvalue weighted by Gasteiger charge is 2.13. The van der Waals surface area contributed by atoms with Crippen molar-refractivity contribution in [1.82, 2.24) is 10.3 Å². The maximum Gasteiger partial charge on any atom is 0.270 e. The third kappa shape index (κ3) is 4.73. The lowest BCUT2D eigenvalue weighted by Gasteiger charge is -2.17. The van der Waals surface area contributed by atoms with Crippen molar-refractivity contribution in [1.29, 1.82) is 0 Å². The van der Waals surface area contributed by atoms with E-state index in [0.29, 0.717) is 11.4 Å². The fourth-order valence-corrected chi connectivity index (χ4v) is 1.89. The van der Waals surface area contributed by atoms with Crippen molar-refractivity contribution < 1.29 is 4.79 Å². The average molecular weight is 249 g/mol. The van der Waals surface area contributed by atoms with Crippen molar-refractivity contribution in [2.45, 2.75) is 52.0 Å². The molecular weight excluding hydrogens is 226 g/mol. The van der Waals surface area contributed by atoms with E-state index >= 15 is 0 Å². The molecule has 1 aromatic rings. The molecule has 1 atom stereocenters. The quantitative estimate of drug-likeness (QED) is 0.780. The molecule has 100 valence electrons. The zero-order chi connectivity index (χ0) is 13.4. The van der Waals surface area contributed by atoms with Crippen LogP contribution in [0.15, 0.2) is 18.3 Å². The van der Waals surface area contributed by atoms with Gasteiger partial charge in [0.2, 0.25) is 0 Å². The molecular formula is C14H23N3O. The molecule has 1 aromatic heterocycles. The Hall–Kier alpha value is -1.58. The first kappa shape index (κ1) is 14.5. The van der Waals surface area contributed by atoms with Crippen LogP contribution in [0.2, 0.25) is 0 Å². The highest BCUT2D eigenvalue weighted by atomic mass is 16.1. The normalized spacial score (nSPS) is 12.1. The monoisotopic (exact) mass is 249 g/mol. The molecule has 0 radical (unpaired) electrons. The van der Waals surface area contributed by atoms with Gasteiger partial charge >= 0.3 is 0 Å². The zero-order valence-electron chi connectivity index (χ0n) is 11.3. The van der Waals surface area contributed by atoms with Crippen LogP contribution >= 0.6 is 0 Å². The Morgan fingerprint density at radius 2 is 2.11 bits per heavy atom. The minimum Gasteiger partial charge on any atom is -0.397 e. The van der Waals surface area contributed by atoms with Gasteiger partial charge in [0.25, 0.3) is 5.91 Å². The van der Waals surface area contributed by atoms with Gasteiger partial charge in [0.15, 0.2) is 0 Å². The van der Waals surface area contributed by atoms with Crippen LogP contribution in [0.25, 0.3) is 0 Å². The van der Waals surface area contributed by atoms with Gasteiger partial charge in [0.1, 0.15) is 5.69 Å². The number of anilines is 1. The molecule has 1 heterocycles. The van der Waals surface area contributed by atoms with Crippen molar-refractivity contribution in [3.8, 4) is 0 Å². The number of pyridine rings is 1. The number of unbranched alkanes of at least 4 members (excludes halogenated alkanes) is 1. The highest BCUT2D eigenvalue weighted by molar-refractivity contribution is 5.92. The lowest BCUT2D eigenvalue weighted by molar-refractivity contribution is 0.0927. The minimum atomic E-state index is -0.107. The number of rotatable bonds is 7. The van der Waals surface area contributed by atoms with Crippen LogP contribution in [0.4, 0.5) is 5.69 Å². The fraction of sp³-hybridized carbons (Fsp3) is 0.571. The molecule has 0 aliphatic carbocycles. The number of nitrogens with zero attached hydrogens (tertiary/aromatic N) is 1. The molecule has 1 rings (SSSR count). The SMILES string of the molecule is CCCCC(CCC)NC(=O)c1ccc(N)cn1. The summed E-state index contributed by atoms with van der Waals surface area (Å²) in [5.74, 6) is -0.107. The molecule has 0 bridgehead atoms. The Labute approximate surface area is 109 Å². The van der Waals surface area contributed by atoms with Crippen molar-refractivity contribution >= 4 is 11.6 Å². The molecule has 0 spiro atoms. The third-order valence-corrected chi connectivity index (χ3v) is 2.90. The van der Waals surface area contributed by atoms with Crippen LogP contribution in [-0.2, 0) is 0 Å². The number of hydrogen-bond acceptors (Lipinski definition) is 3. The van der Waals surface area contributed by atoms with Gasteiger partial charge in [0, 0.05) is 6.04 Å². The summed E-state index contributed by atoms with van der Waals surface area (Å²) < 4.78 is 0. The molecule has 0 aliphatic rings. The summed E-state index contributed by atoms with van der Waals surface area (Å²) in [6.07, 6.45) is 6.92. The number of aromatic nitrogens is 1. The van der Waals surface area contributed by atoms with Crippen LogP contribution in [0.3, 0.4) is 0 Å². The number of nitrogens with two attached hydrogens (primary N) is 1. The van der Waals surface area contributed by atoms with Gasteiger partial charge < -0.3 is 11.1 Å². The van der Waals surface area contributed by atoms with E-state index in [1.165, 1.54) is 6.20 Å². The predicted molar refractivity (Wildman–Crippen MR) is 74.3 cm³/mol. The molecule has 0 saturated heterocycles. The van der Waals surface area contributed by atoms with Crippen molar-refractivity contribution in [3.63, 3.8) is 0 Å². The lowest BCUT2D eigenvalue weighted by Crippen LogP contribution is -2.35. The molecule has 4 nitrogen and oxygen atoms in total. The summed E-state index contributed by atoms with van der Waals surface area (Å²) in [7, 11) is 0. The first-order valence-corrected chi connectivity index (χ1v) is 6.69. The van der Waals surface area contributed by atoms with Gasteiger partial charge in [-0.15, -0.1) is 0 Å². The average Bonchev–Trinajstić information content (AvgIpc) is 2.37. The second-order valence-corrected chi connectivity index (χ2v) is 4.58. The number of nitrogen functional groups attached to an aromatic ring is 1. The van der Waals surface area contributed by atoms with Gasteiger partial charge in [-0.05, 0) is 25.0 Å². The number of carbonyl (C=O) groups excluding carboxylic acids is 1. The number of nitrogens with one attached hydrogen (secondary N) is 1. The van der Waals surface area contributed by atoms with Crippen LogP contribution in [0.5, 0.6) is 0 Å². The number of amides is 1. The molecule has 0 fully saturated rings. The molecule has 1 unspecified atom stereocenters. The van der Waals surface area contributed by atoms with E-state index in [-0.39, 0.29) is 11.9 Å². The molecule has 4 heteroatoms. The van der Waals surface area contributed by atoms with Gasteiger partial charge in [0.05, 0.1) is 11.9 Å². The largest absolute Gasteiger partial charge is 0.397 e. The Balaban J connectivity index is 2.56. The van der Waals surface area contributed by atoms with Crippen molar-refractivity contribution in [3.05, 3.63) is 24.0 Å². The fourth-order valence-electron chi connectivity index (χ4n) is 1.89. The van der Waals surface area contributed by atoms with E-state index in [1.54, 1.807) is 12.1 Å². The number of hydrogen-bond donors (Lipinski definition) is 2. The highest BCUT2D eigenvalue weighted by Crippen LogP contribution is 2.08. The lowest BCUT2D eigenvalue weighted by atomic mass is 10.0. The maximum absolute atomic E-state index is 12.0. The van der Waals surface area contributed by atoms with Gasteiger partial charge in [-0.2, -0.15) is 0 Å². The summed E-state index contributed by atoms with van der Waals surface area (Å²) in [4.78, 5) is 16.0. The van der Waals surface area contributed by atoms with E-state index < -0.39 is 0 Å².